The lowest BCUT2D eigenvalue weighted by molar-refractivity contribution is 0.0985. The molecule has 0 fully saturated rings. The van der Waals surface area contributed by atoms with Crippen LogP contribution in [0.4, 0.5) is 5.69 Å². The van der Waals surface area contributed by atoms with Gasteiger partial charge in [0, 0.05) is 60.1 Å². The Labute approximate surface area is 145 Å². The lowest BCUT2D eigenvalue weighted by Gasteiger charge is -2.07. The molecule has 0 spiro atoms. The first kappa shape index (κ1) is 16.5. The summed E-state index contributed by atoms with van der Waals surface area (Å²) in [6.07, 6.45) is 6.79. The zero-order chi connectivity index (χ0) is 17.5. The summed E-state index contributed by atoms with van der Waals surface area (Å²) in [6.45, 7) is 0.519. The quantitative estimate of drug-likeness (QED) is 0.672. The van der Waals surface area contributed by atoms with E-state index in [9.17, 15) is 9.59 Å². The fourth-order valence-corrected chi connectivity index (χ4v) is 2.40. The van der Waals surface area contributed by atoms with Gasteiger partial charge in [0.25, 0.3) is 0 Å². The molecular formula is C20H17N3O2. The average Bonchev–Trinajstić information content (AvgIpc) is 2.69. The van der Waals surface area contributed by atoms with Crippen LogP contribution in [0.15, 0.2) is 73.3 Å². The molecule has 0 atom stereocenters. The second kappa shape index (κ2) is 7.97. The highest BCUT2D eigenvalue weighted by Gasteiger charge is 2.09. The number of carbonyl (C=O) groups excluding carboxylic acids is 2. The Morgan fingerprint density at radius 3 is 2.20 bits per heavy atom. The molecule has 0 aliphatic carbocycles. The number of carbonyl (C=O) groups is 2. The Kier molecular flexibility index (Phi) is 5.26. The van der Waals surface area contributed by atoms with Crippen molar-refractivity contribution in [2.45, 2.75) is 6.42 Å². The summed E-state index contributed by atoms with van der Waals surface area (Å²) in [6, 6.07) is 14.1. The van der Waals surface area contributed by atoms with E-state index in [2.05, 4.69) is 15.3 Å². The molecule has 2 aromatic heterocycles. The van der Waals surface area contributed by atoms with E-state index in [1.807, 2.05) is 12.1 Å². The number of benzene rings is 1. The predicted octanol–water partition coefficient (Wildman–Crippen LogP) is 3.39. The van der Waals surface area contributed by atoms with Crippen molar-refractivity contribution in [1.29, 1.82) is 0 Å². The molecule has 3 rings (SSSR count). The first-order chi connectivity index (χ1) is 12.2. The summed E-state index contributed by atoms with van der Waals surface area (Å²) in [5, 5.41) is 3.19. The molecule has 5 heteroatoms. The van der Waals surface area contributed by atoms with E-state index in [0.29, 0.717) is 29.7 Å². The van der Waals surface area contributed by atoms with Crippen LogP contribution in [0, 0.1) is 0 Å². The molecule has 3 aromatic rings. The van der Waals surface area contributed by atoms with Crippen LogP contribution in [0.3, 0.4) is 0 Å². The van der Waals surface area contributed by atoms with Crippen LogP contribution >= 0.6 is 0 Å². The molecular weight excluding hydrogens is 314 g/mol. The molecule has 0 aliphatic rings. The smallest absolute Gasteiger partial charge is 0.193 e. The third-order valence-corrected chi connectivity index (χ3v) is 3.75. The largest absolute Gasteiger partial charge is 0.385 e. The van der Waals surface area contributed by atoms with Crippen molar-refractivity contribution in [2.75, 3.05) is 11.9 Å². The highest BCUT2D eigenvalue weighted by atomic mass is 16.1. The topological polar surface area (TPSA) is 72.0 Å². The highest BCUT2D eigenvalue weighted by molar-refractivity contribution is 6.09. The van der Waals surface area contributed by atoms with Gasteiger partial charge in [-0.3, -0.25) is 19.6 Å². The molecule has 0 aliphatic heterocycles. The number of ketones is 2. The zero-order valence-electron chi connectivity index (χ0n) is 13.6. The molecule has 0 amide bonds. The Morgan fingerprint density at radius 1 is 0.800 bits per heavy atom. The van der Waals surface area contributed by atoms with E-state index in [1.165, 1.54) is 0 Å². The highest BCUT2D eigenvalue weighted by Crippen LogP contribution is 2.14. The number of hydrogen-bond donors (Lipinski definition) is 1. The number of pyridine rings is 2. The first-order valence-corrected chi connectivity index (χ1v) is 7.96. The minimum Gasteiger partial charge on any atom is -0.385 e. The average molecular weight is 331 g/mol. The summed E-state index contributed by atoms with van der Waals surface area (Å²) in [4.78, 5) is 32.2. The number of nitrogens with zero attached hydrogens (tertiary/aromatic N) is 2. The second-order valence-corrected chi connectivity index (χ2v) is 5.48. The van der Waals surface area contributed by atoms with Crippen molar-refractivity contribution < 1.29 is 9.59 Å². The van der Waals surface area contributed by atoms with Crippen molar-refractivity contribution >= 4 is 17.3 Å². The van der Waals surface area contributed by atoms with Crippen LogP contribution < -0.4 is 5.32 Å². The van der Waals surface area contributed by atoms with Crippen molar-refractivity contribution in [3.8, 4) is 0 Å². The van der Waals surface area contributed by atoms with Gasteiger partial charge in [-0.25, -0.2) is 0 Å². The SMILES string of the molecule is O=C(CCNc1ccc(C(=O)c2ccncc2)cc1)c1cccnc1. The molecule has 1 N–H and O–H groups in total. The Bertz CT molecular complexity index is 847. The van der Waals surface area contributed by atoms with Crippen LogP contribution in [0.5, 0.6) is 0 Å². The van der Waals surface area contributed by atoms with E-state index in [4.69, 9.17) is 0 Å². The Hall–Kier alpha value is -3.34. The summed E-state index contributed by atoms with van der Waals surface area (Å²) >= 11 is 0. The number of hydrogen-bond acceptors (Lipinski definition) is 5. The maximum absolute atomic E-state index is 12.3. The molecule has 0 saturated heterocycles. The summed E-state index contributed by atoms with van der Waals surface area (Å²) < 4.78 is 0. The number of anilines is 1. The third kappa shape index (κ3) is 4.35. The van der Waals surface area contributed by atoms with Gasteiger partial charge in [0.15, 0.2) is 11.6 Å². The molecule has 0 bridgehead atoms. The van der Waals surface area contributed by atoms with Crippen molar-refractivity contribution in [3.63, 3.8) is 0 Å². The molecule has 124 valence electrons. The standard InChI is InChI=1S/C20H17N3O2/c24-19(17-2-1-10-22-14-17)9-13-23-18-5-3-15(4-6-18)20(25)16-7-11-21-12-8-16/h1-8,10-12,14,23H,9,13H2. The number of nitrogens with one attached hydrogen (secondary N) is 1. The van der Waals surface area contributed by atoms with E-state index < -0.39 is 0 Å². The van der Waals surface area contributed by atoms with Crippen molar-refractivity contribution in [3.05, 3.63) is 90.0 Å². The fraction of sp³-hybridized carbons (Fsp3) is 0.100. The summed E-state index contributed by atoms with van der Waals surface area (Å²) in [7, 11) is 0. The summed E-state index contributed by atoms with van der Waals surface area (Å²) in [5.74, 6) is 0.00536. The molecule has 0 radical (unpaired) electrons. The molecule has 5 nitrogen and oxygen atoms in total. The van der Waals surface area contributed by atoms with Crippen LogP contribution in [-0.2, 0) is 0 Å². The van der Waals surface area contributed by atoms with E-state index in [0.717, 1.165) is 5.69 Å². The van der Waals surface area contributed by atoms with Gasteiger partial charge in [0.1, 0.15) is 0 Å². The van der Waals surface area contributed by atoms with E-state index in [-0.39, 0.29) is 11.6 Å². The zero-order valence-corrected chi connectivity index (χ0v) is 13.6. The maximum Gasteiger partial charge on any atom is 0.193 e. The maximum atomic E-state index is 12.3. The number of rotatable bonds is 7. The lowest BCUT2D eigenvalue weighted by atomic mass is 10.0. The molecule has 0 saturated carbocycles. The van der Waals surface area contributed by atoms with E-state index >= 15 is 0 Å². The van der Waals surface area contributed by atoms with E-state index in [1.54, 1.807) is 61.2 Å². The van der Waals surface area contributed by atoms with Crippen molar-refractivity contribution in [1.82, 2.24) is 9.97 Å². The van der Waals surface area contributed by atoms with Crippen LogP contribution in [0.25, 0.3) is 0 Å². The number of aromatic nitrogens is 2. The van der Waals surface area contributed by atoms with Crippen LogP contribution in [0.2, 0.25) is 0 Å². The van der Waals surface area contributed by atoms with Gasteiger partial charge in [-0.2, -0.15) is 0 Å². The van der Waals surface area contributed by atoms with Crippen LogP contribution in [-0.4, -0.2) is 28.1 Å². The van der Waals surface area contributed by atoms with Gasteiger partial charge in [-0.1, -0.05) is 0 Å². The van der Waals surface area contributed by atoms with Crippen molar-refractivity contribution in [2.24, 2.45) is 0 Å². The van der Waals surface area contributed by atoms with Gasteiger partial charge in [-0.05, 0) is 48.5 Å². The number of Topliss-reactive ketones (excluding diaryl/α,β-unsaturated/α-hetero) is 1. The van der Waals surface area contributed by atoms with Gasteiger partial charge in [0.2, 0.25) is 0 Å². The fourth-order valence-electron chi connectivity index (χ4n) is 2.40. The molecule has 1 aromatic carbocycles. The molecule has 25 heavy (non-hydrogen) atoms. The Morgan fingerprint density at radius 2 is 1.52 bits per heavy atom. The van der Waals surface area contributed by atoms with Gasteiger partial charge >= 0.3 is 0 Å². The monoisotopic (exact) mass is 331 g/mol. The predicted molar refractivity (Wildman–Crippen MR) is 95.8 cm³/mol. The van der Waals surface area contributed by atoms with Gasteiger partial charge < -0.3 is 5.32 Å². The van der Waals surface area contributed by atoms with Crippen LogP contribution in [0.1, 0.15) is 32.7 Å². The minimum atomic E-state index is -0.0410. The van der Waals surface area contributed by atoms with Gasteiger partial charge in [0.05, 0.1) is 0 Å². The Balaban J connectivity index is 1.54. The molecule has 2 heterocycles. The minimum absolute atomic E-state index is 0.0410. The third-order valence-electron chi connectivity index (χ3n) is 3.75. The second-order valence-electron chi connectivity index (χ2n) is 5.48. The lowest BCUT2D eigenvalue weighted by Crippen LogP contribution is -2.09. The molecule has 0 unspecified atom stereocenters. The summed E-state index contributed by atoms with van der Waals surface area (Å²) in [5.41, 5.74) is 2.70. The van der Waals surface area contributed by atoms with Gasteiger partial charge in [-0.15, -0.1) is 0 Å². The first-order valence-electron chi connectivity index (χ1n) is 7.96. The normalized spacial score (nSPS) is 10.2.